The Kier molecular flexibility index (Phi) is 6.48. The molecule has 1 aliphatic heterocycles. The van der Waals surface area contributed by atoms with Crippen molar-refractivity contribution in [1.29, 1.82) is 0 Å². The highest BCUT2D eigenvalue weighted by Gasteiger charge is 2.32. The zero-order chi connectivity index (χ0) is 17.6. The Balaban J connectivity index is 1.62. The quantitative estimate of drug-likeness (QED) is 0.628. The summed E-state index contributed by atoms with van der Waals surface area (Å²) >= 11 is 0. The van der Waals surface area contributed by atoms with Crippen molar-refractivity contribution in [2.45, 2.75) is 43.9 Å². The van der Waals surface area contributed by atoms with E-state index in [4.69, 9.17) is 4.74 Å². The van der Waals surface area contributed by atoms with Gasteiger partial charge in [0, 0.05) is 6.21 Å². The second-order valence-electron chi connectivity index (χ2n) is 6.27. The molecule has 0 fully saturated rings. The van der Waals surface area contributed by atoms with E-state index in [9.17, 15) is 15.0 Å². The van der Waals surface area contributed by atoms with Gasteiger partial charge in [-0.1, -0.05) is 24.3 Å². The molecule has 1 heterocycles. The first-order chi connectivity index (χ1) is 11.4. The normalized spacial score (nSPS) is 21.3. The summed E-state index contributed by atoms with van der Waals surface area (Å²) in [6.45, 7) is 2.19. The lowest BCUT2D eigenvalue weighted by Gasteiger charge is -2.14. The van der Waals surface area contributed by atoms with E-state index in [-0.39, 0.29) is 25.2 Å². The van der Waals surface area contributed by atoms with Gasteiger partial charge in [-0.15, -0.1) is 0 Å². The highest BCUT2D eigenvalue weighted by atomic mass is 16.5. The number of ether oxygens (including phenoxy) is 2. The van der Waals surface area contributed by atoms with Crippen LogP contribution in [0.15, 0.2) is 29.3 Å². The molecule has 2 N–H and O–H groups in total. The maximum absolute atomic E-state index is 11.0. The summed E-state index contributed by atoms with van der Waals surface area (Å²) < 4.78 is 9.70. The molecule has 1 aromatic carbocycles. The first-order valence-corrected chi connectivity index (χ1v) is 8.09. The second kappa shape index (κ2) is 8.37. The van der Waals surface area contributed by atoms with E-state index in [1.807, 2.05) is 6.21 Å². The lowest BCUT2D eigenvalue weighted by molar-refractivity contribution is -0.143. The third-order valence-corrected chi connectivity index (χ3v) is 4.07. The second-order valence-corrected chi connectivity index (χ2v) is 6.27. The van der Waals surface area contributed by atoms with Gasteiger partial charge in [-0.05, 0) is 30.9 Å². The SMILES string of the molecule is COC(=O)CC(O)COCC(O)CCc1ccc(C2(C)C=N2)cc1. The number of carbonyl (C=O) groups is 1. The van der Waals surface area contributed by atoms with Gasteiger partial charge in [0.05, 0.1) is 39.0 Å². The molecule has 24 heavy (non-hydrogen) atoms. The van der Waals surface area contributed by atoms with Crippen LogP contribution in [0.4, 0.5) is 0 Å². The van der Waals surface area contributed by atoms with Gasteiger partial charge in [-0.3, -0.25) is 9.79 Å². The van der Waals surface area contributed by atoms with E-state index in [0.717, 1.165) is 12.0 Å². The van der Waals surface area contributed by atoms with Crippen LogP contribution in [0.25, 0.3) is 0 Å². The molecule has 1 aromatic rings. The summed E-state index contributed by atoms with van der Waals surface area (Å²) in [4.78, 5) is 15.2. The molecule has 0 amide bonds. The molecule has 3 atom stereocenters. The van der Waals surface area contributed by atoms with Crippen molar-refractivity contribution in [2.24, 2.45) is 4.99 Å². The Morgan fingerprint density at radius 2 is 1.83 bits per heavy atom. The number of rotatable bonds is 10. The largest absolute Gasteiger partial charge is 0.469 e. The molecule has 0 radical (unpaired) electrons. The lowest BCUT2D eigenvalue weighted by Crippen LogP contribution is -2.24. The molecular formula is C18H25NO5. The van der Waals surface area contributed by atoms with Crippen LogP contribution in [0.3, 0.4) is 0 Å². The fourth-order valence-electron chi connectivity index (χ4n) is 2.35. The van der Waals surface area contributed by atoms with Crippen LogP contribution in [0.5, 0.6) is 0 Å². The van der Waals surface area contributed by atoms with Crippen LogP contribution in [0.1, 0.15) is 30.9 Å². The van der Waals surface area contributed by atoms with Gasteiger partial charge in [0.2, 0.25) is 0 Å². The molecule has 6 nitrogen and oxygen atoms in total. The molecule has 0 saturated carbocycles. The van der Waals surface area contributed by atoms with Crippen molar-refractivity contribution in [1.82, 2.24) is 0 Å². The Hall–Kier alpha value is -1.76. The van der Waals surface area contributed by atoms with Crippen LogP contribution in [-0.4, -0.2) is 54.9 Å². The third-order valence-electron chi connectivity index (χ3n) is 4.07. The molecule has 132 valence electrons. The minimum Gasteiger partial charge on any atom is -0.469 e. The predicted molar refractivity (Wildman–Crippen MR) is 90.1 cm³/mol. The smallest absolute Gasteiger partial charge is 0.308 e. The predicted octanol–water partition coefficient (Wildman–Crippen LogP) is 1.22. The van der Waals surface area contributed by atoms with Crippen molar-refractivity contribution < 1.29 is 24.5 Å². The van der Waals surface area contributed by atoms with E-state index in [0.29, 0.717) is 6.42 Å². The summed E-state index contributed by atoms with van der Waals surface area (Å²) in [6.07, 6.45) is 1.61. The molecule has 0 aromatic heterocycles. The fourth-order valence-corrected chi connectivity index (χ4v) is 2.35. The zero-order valence-electron chi connectivity index (χ0n) is 14.1. The number of methoxy groups -OCH3 is 1. The Morgan fingerprint density at radius 3 is 2.42 bits per heavy atom. The Labute approximate surface area is 142 Å². The number of esters is 1. The minimum atomic E-state index is -0.914. The Bertz CT molecular complexity index is 563. The fraction of sp³-hybridized carbons (Fsp3) is 0.556. The molecule has 1 aliphatic rings. The van der Waals surface area contributed by atoms with Crippen molar-refractivity contribution >= 4 is 12.2 Å². The van der Waals surface area contributed by atoms with E-state index in [1.165, 1.54) is 12.7 Å². The number of aliphatic imine (C=N–C) groups is 1. The van der Waals surface area contributed by atoms with Gasteiger partial charge in [-0.2, -0.15) is 0 Å². The zero-order valence-corrected chi connectivity index (χ0v) is 14.1. The number of hydrogen-bond donors (Lipinski definition) is 2. The monoisotopic (exact) mass is 335 g/mol. The van der Waals surface area contributed by atoms with Crippen LogP contribution in [0.2, 0.25) is 0 Å². The van der Waals surface area contributed by atoms with Crippen LogP contribution >= 0.6 is 0 Å². The summed E-state index contributed by atoms with van der Waals surface area (Å²) in [6, 6.07) is 8.23. The number of aryl methyl sites for hydroxylation is 1. The topological polar surface area (TPSA) is 88.4 Å². The van der Waals surface area contributed by atoms with Gasteiger partial charge < -0.3 is 19.7 Å². The molecular weight excluding hydrogens is 310 g/mol. The van der Waals surface area contributed by atoms with Gasteiger partial charge in [0.1, 0.15) is 5.54 Å². The van der Waals surface area contributed by atoms with E-state index >= 15 is 0 Å². The van der Waals surface area contributed by atoms with Gasteiger partial charge in [0.25, 0.3) is 0 Å². The van der Waals surface area contributed by atoms with E-state index in [1.54, 1.807) is 0 Å². The van der Waals surface area contributed by atoms with E-state index in [2.05, 4.69) is 40.9 Å². The first kappa shape index (κ1) is 18.6. The van der Waals surface area contributed by atoms with Gasteiger partial charge in [-0.25, -0.2) is 0 Å². The number of benzene rings is 1. The van der Waals surface area contributed by atoms with Crippen LogP contribution < -0.4 is 0 Å². The number of hydrogen-bond acceptors (Lipinski definition) is 6. The maximum atomic E-state index is 11.0. The molecule has 0 saturated heterocycles. The van der Waals surface area contributed by atoms with Crippen molar-refractivity contribution in [3.05, 3.63) is 35.4 Å². The van der Waals surface area contributed by atoms with Crippen molar-refractivity contribution in [3.63, 3.8) is 0 Å². The lowest BCUT2D eigenvalue weighted by atomic mass is 9.97. The standard InChI is InChI=1S/C18H25NO5/c1-18(12-19-18)14-6-3-13(4-7-14)5-8-15(20)10-24-11-16(21)9-17(22)23-2/h3-4,6-7,12,15-16,20-21H,5,8-11H2,1-2H3. The molecule has 0 spiro atoms. The van der Waals surface area contributed by atoms with Gasteiger partial charge >= 0.3 is 5.97 Å². The van der Waals surface area contributed by atoms with E-state index < -0.39 is 18.2 Å². The summed E-state index contributed by atoms with van der Waals surface area (Å²) in [5, 5.41) is 19.5. The third kappa shape index (κ3) is 5.70. The van der Waals surface area contributed by atoms with Crippen molar-refractivity contribution in [3.8, 4) is 0 Å². The highest BCUT2D eigenvalue weighted by molar-refractivity contribution is 5.85. The molecule has 3 unspecified atom stereocenters. The highest BCUT2D eigenvalue weighted by Crippen LogP contribution is 2.32. The van der Waals surface area contributed by atoms with Crippen LogP contribution in [0, 0.1) is 0 Å². The van der Waals surface area contributed by atoms with Crippen LogP contribution in [-0.2, 0) is 26.2 Å². The molecule has 2 rings (SSSR count). The number of carbonyl (C=O) groups excluding carboxylic acids is 1. The maximum Gasteiger partial charge on any atom is 0.308 e. The number of nitrogens with zero attached hydrogens (tertiary/aromatic N) is 1. The minimum absolute atomic E-state index is 0.000556. The molecule has 0 aliphatic carbocycles. The summed E-state index contributed by atoms with van der Waals surface area (Å²) in [5.41, 5.74) is 2.21. The Morgan fingerprint density at radius 1 is 1.21 bits per heavy atom. The molecule has 6 heteroatoms. The van der Waals surface area contributed by atoms with Gasteiger partial charge in [0.15, 0.2) is 0 Å². The average Bonchev–Trinajstić information content (AvgIpc) is 3.32. The number of aliphatic hydroxyl groups excluding tert-OH is 2. The first-order valence-electron chi connectivity index (χ1n) is 8.09. The molecule has 0 bridgehead atoms. The summed E-state index contributed by atoms with van der Waals surface area (Å²) in [5.74, 6) is -0.486. The summed E-state index contributed by atoms with van der Waals surface area (Å²) in [7, 11) is 1.27. The van der Waals surface area contributed by atoms with Crippen molar-refractivity contribution in [2.75, 3.05) is 20.3 Å². The number of aliphatic hydroxyl groups is 2. The average molecular weight is 335 g/mol.